The number of aliphatic hydroxyl groups is 1. The van der Waals surface area contributed by atoms with Gasteiger partial charge in [-0.1, -0.05) is 35.0 Å². The van der Waals surface area contributed by atoms with E-state index in [1.165, 1.54) is 16.8 Å². The number of halogens is 2. The van der Waals surface area contributed by atoms with Crippen molar-refractivity contribution >= 4 is 11.6 Å². The molecule has 3 rings (SSSR count). The molecule has 2 aromatic carbocycles. The molecular weight excluding hydrogens is 293 g/mol. The Labute approximate surface area is 125 Å². The van der Waals surface area contributed by atoms with E-state index in [4.69, 9.17) is 11.6 Å². The Morgan fingerprint density at radius 3 is 2.67 bits per heavy atom. The van der Waals surface area contributed by atoms with E-state index in [-0.39, 0.29) is 12.4 Å². The van der Waals surface area contributed by atoms with Crippen LogP contribution < -0.4 is 0 Å². The molecule has 4 nitrogen and oxygen atoms in total. The molecule has 0 bridgehead atoms. The van der Waals surface area contributed by atoms with Crippen molar-refractivity contribution in [1.29, 1.82) is 0 Å². The van der Waals surface area contributed by atoms with E-state index in [0.29, 0.717) is 27.7 Å². The predicted octanol–water partition coefficient (Wildman–Crippen LogP) is 3.22. The van der Waals surface area contributed by atoms with Crippen LogP contribution in [0.3, 0.4) is 0 Å². The maximum absolute atomic E-state index is 13.5. The Morgan fingerprint density at radius 2 is 1.95 bits per heavy atom. The highest BCUT2D eigenvalue weighted by molar-refractivity contribution is 6.30. The lowest BCUT2D eigenvalue weighted by molar-refractivity contribution is 0.277. The van der Waals surface area contributed by atoms with Gasteiger partial charge in [-0.15, -0.1) is 5.10 Å². The molecule has 0 fully saturated rings. The van der Waals surface area contributed by atoms with Crippen molar-refractivity contribution in [3.8, 4) is 16.9 Å². The second-order valence-electron chi connectivity index (χ2n) is 4.44. The second kappa shape index (κ2) is 5.63. The molecule has 0 saturated carbocycles. The number of nitrogens with zero attached hydrogens (tertiary/aromatic N) is 3. The summed E-state index contributed by atoms with van der Waals surface area (Å²) >= 11 is 5.99. The summed E-state index contributed by atoms with van der Waals surface area (Å²) in [6.07, 6.45) is 0. The highest BCUT2D eigenvalue weighted by Gasteiger charge is 2.16. The lowest BCUT2D eigenvalue weighted by Gasteiger charge is -2.08. The van der Waals surface area contributed by atoms with E-state index in [2.05, 4.69) is 10.3 Å². The summed E-state index contributed by atoms with van der Waals surface area (Å²) in [4.78, 5) is 0. The van der Waals surface area contributed by atoms with Crippen molar-refractivity contribution in [2.24, 2.45) is 0 Å². The maximum atomic E-state index is 13.5. The summed E-state index contributed by atoms with van der Waals surface area (Å²) in [5.74, 6) is -0.366. The topological polar surface area (TPSA) is 50.9 Å². The van der Waals surface area contributed by atoms with Crippen molar-refractivity contribution in [1.82, 2.24) is 15.0 Å². The van der Waals surface area contributed by atoms with E-state index in [1.54, 1.807) is 30.3 Å². The molecule has 0 aliphatic rings. The zero-order valence-corrected chi connectivity index (χ0v) is 11.6. The average molecular weight is 304 g/mol. The Hall–Kier alpha value is -2.24. The minimum atomic E-state index is -0.366. The van der Waals surface area contributed by atoms with Gasteiger partial charge in [0.1, 0.15) is 17.2 Å². The van der Waals surface area contributed by atoms with Gasteiger partial charge in [0.05, 0.1) is 12.3 Å². The van der Waals surface area contributed by atoms with Crippen LogP contribution in [-0.4, -0.2) is 20.1 Å². The summed E-state index contributed by atoms with van der Waals surface area (Å²) in [7, 11) is 0. The molecule has 0 aliphatic carbocycles. The van der Waals surface area contributed by atoms with Crippen LogP contribution in [0.25, 0.3) is 16.9 Å². The summed E-state index contributed by atoms with van der Waals surface area (Å²) in [6.45, 7) is -0.285. The van der Waals surface area contributed by atoms with Gasteiger partial charge in [-0.3, -0.25) is 0 Å². The third-order valence-corrected chi connectivity index (χ3v) is 3.28. The Kier molecular flexibility index (Phi) is 3.68. The van der Waals surface area contributed by atoms with E-state index in [1.807, 2.05) is 6.07 Å². The van der Waals surface area contributed by atoms with E-state index in [0.717, 1.165) is 0 Å². The quantitative estimate of drug-likeness (QED) is 0.808. The van der Waals surface area contributed by atoms with Crippen LogP contribution in [0.15, 0.2) is 48.5 Å². The number of benzene rings is 2. The number of hydrogen-bond donors (Lipinski definition) is 1. The molecule has 1 N–H and O–H groups in total. The summed E-state index contributed by atoms with van der Waals surface area (Å²) in [5.41, 5.74) is 2.19. The van der Waals surface area contributed by atoms with Gasteiger partial charge in [0.15, 0.2) is 0 Å². The number of rotatable bonds is 3. The fourth-order valence-corrected chi connectivity index (χ4v) is 2.32. The lowest BCUT2D eigenvalue weighted by atomic mass is 10.1. The minimum absolute atomic E-state index is 0.285. The van der Waals surface area contributed by atoms with Crippen LogP contribution in [0, 0.1) is 5.82 Å². The van der Waals surface area contributed by atoms with Gasteiger partial charge < -0.3 is 5.11 Å². The Balaban J connectivity index is 2.21. The molecule has 21 heavy (non-hydrogen) atoms. The van der Waals surface area contributed by atoms with Crippen LogP contribution in [0.1, 0.15) is 5.69 Å². The third kappa shape index (κ3) is 2.66. The molecule has 0 atom stereocenters. The first kappa shape index (κ1) is 13.7. The third-order valence-electron chi connectivity index (χ3n) is 3.04. The number of aliphatic hydroxyl groups excluding tert-OH is 1. The normalized spacial score (nSPS) is 10.8. The molecule has 1 aromatic heterocycles. The SMILES string of the molecule is OCc1nnn(-c2cccc(Cl)c2)c1-c1cccc(F)c1. The van der Waals surface area contributed by atoms with Gasteiger partial charge in [-0.25, -0.2) is 9.07 Å². The van der Waals surface area contributed by atoms with Crippen LogP contribution in [0.4, 0.5) is 4.39 Å². The first-order chi connectivity index (χ1) is 10.2. The Morgan fingerprint density at radius 1 is 1.14 bits per heavy atom. The lowest BCUT2D eigenvalue weighted by Crippen LogP contribution is -2.00. The Bertz CT molecular complexity index is 788. The highest BCUT2D eigenvalue weighted by atomic mass is 35.5. The molecule has 0 saturated heterocycles. The summed E-state index contributed by atoms with van der Waals surface area (Å²) in [6, 6.07) is 13.1. The van der Waals surface area contributed by atoms with Gasteiger partial charge in [-0.2, -0.15) is 0 Å². The smallest absolute Gasteiger partial charge is 0.123 e. The molecule has 6 heteroatoms. The van der Waals surface area contributed by atoms with E-state index in [9.17, 15) is 9.50 Å². The molecule has 0 radical (unpaired) electrons. The monoisotopic (exact) mass is 303 g/mol. The van der Waals surface area contributed by atoms with Crippen molar-refractivity contribution < 1.29 is 9.50 Å². The van der Waals surface area contributed by atoms with Crippen LogP contribution >= 0.6 is 11.6 Å². The van der Waals surface area contributed by atoms with Crippen molar-refractivity contribution in [3.05, 3.63) is 65.1 Å². The first-order valence-electron chi connectivity index (χ1n) is 6.26. The fraction of sp³-hybridized carbons (Fsp3) is 0.0667. The van der Waals surface area contributed by atoms with Gasteiger partial charge in [-0.05, 0) is 30.3 Å². The second-order valence-corrected chi connectivity index (χ2v) is 4.88. The molecule has 0 unspecified atom stereocenters. The standard InChI is InChI=1S/C15H11ClFN3O/c16-11-4-2-6-13(8-11)20-15(14(9-21)18-19-20)10-3-1-5-12(17)7-10/h1-8,21H,9H2. The molecule has 0 aliphatic heterocycles. The zero-order valence-electron chi connectivity index (χ0n) is 10.9. The molecule has 3 aromatic rings. The number of aromatic nitrogens is 3. The van der Waals surface area contributed by atoms with Crippen molar-refractivity contribution in [2.75, 3.05) is 0 Å². The minimum Gasteiger partial charge on any atom is -0.390 e. The van der Waals surface area contributed by atoms with Gasteiger partial charge >= 0.3 is 0 Å². The van der Waals surface area contributed by atoms with E-state index < -0.39 is 0 Å². The van der Waals surface area contributed by atoms with Crippen molar-refractivity contribution in [3.63, 3.8) is 0 Å². The number of hydrogen-bond acceptors (Lipinski definition) is 3. The fourth-order valence-electron chi connectivity index (χ4n) is 2.13. The summed E-state index contributed by atoms with van der Waals surface area (Å²) < 4.78 is 15.0. The highest BCUT2D eigenvalue weighted by Crippen LogP contribution is 2.26. The summed E-state index contributed by atoms with van der Waals surface area (Å²) in [5, 5.41) is 18.0. The van der Waals surface area contributed by atoms with Gasteiger partial charge in [0.2, 0.25) is 0 Å². The van der Waals surface area contributed by atoms with Crippen molar-refractivity contribution in [2.45, 2.75) is 6.61 Å². The van der Waals surface area contributed by atoms with E-state index >= 15 is 0 Å². The average Bonchev–Trinajstić information content (AvgIpc) is 2.91. The molecule has 1 heterocycles. The largest absolute Gasteiger partial charge is 0.390 e. The molecular formula is C15H11ClFN3O. The maximum Gasteiger partial charge on any atom is 0.123 e. The molecule has 0 spiro atoms. The zero-order chi connectivity index (χ0) is 14.8. The van der Waals surface area contributed by atoms with Crippen LogP contribution in [-0.2, 0) is 6.61 Å². The molecule has 0 amide bonds. The van der Waals surface area contributed by atoms with Crippen LogP contribution in [0.2, 0.25) is 5.02 Å². The first-order valence-corrected chi connectivity index (χ1v) is 6.64. The molecule has 106 valence electrons. The van der Waals surface area contributed by atoms with Gasteiger partial charge in [0.25, 0.3) is 0 Å². The van der Waals surface area contributed by atoms with Crippen LogP contribution in [0.5, 0.6) is 0 Å². The van der Waals surface area contributed by atoms with Gasteiger partial charge in [0, 0.05) is 10.6 Å². The predicted molar refractivity (Wildman–Crippen MR) is 77.7 cm³/mol.